The molecule has 0 fully saturated rings. The van der Waals surface area contributed by atoms with Crippen molar-refractivity contribution >= 4 is 22.8 Å². The molecule has 0 N–H and O–H groups in total. The molecule has 1 aliphatic rings. The van der Waals surface area contributed by atoms with E-state index in [1.807, 2.05) is 25.3 Å². The van der Waals surface area contributed by atoms with E-state index in [2.05, 4.69) is 10.3 Å². The zero-order valence-corrected chi connectivity index (χ0v) is 11.6. The van der Waals surface area contributed by atoms with Crippen molar-refractivity contribution in [3.05, 3.63) is 38.9 Å². The summed E-state index contributed by atoms with van der Waals surface area (Å²) >= 11 is 1.39. The van der Waals surface area contributed by atoms with Crippen LogP contribution in [0.25, 0.3) is 0 Å². The summed E-state index contributed by atoms with van der Waals surface area (Å²) in [6, 6.07) is 1.85. The van der Waals surface area contributed by atoms with Gasteiger partial charge in [0.1, 0.15) is 6.10 Å². The Morgan fingerprint density at radius 2 is 2.26 bits per heavy atom. The van der Waals surface area contributed by atoms with Crippen LogP contribution in [0.4, 0.5) is 0 Å². The molecule has 0 unspecified atom stereocenters. The molecule has 0 saturated heterocycles. The largest absolute Gasteiger partial charge is 0.392 e. The van der Waals surface area contributed by atoms with Gasteiger partial charge in [0.2, 0.25) is 11.5 Å². The number of hydrogen-bond acceptors (Lipinski definition) is 6. The Kier molecular flexibility index (Phi) is 2.74. The van der Waals surface area contributed by atoms with E-state index in [-0.39, 0.29) is 11.9 Å². The molecule has 0 radical (unpaired) electrons. The summed E-state index contributed by atoms with van der Waals surface area (Å²) in [5.41, 5.74) is 2.36. The minimum atomic E-state index is -0.0535. The molecule has 0 aliphatic heterocycles. The Morgan fingerprint density at radius 1 is 1.47 bits per heavy atom. The number of fused-ring (bicyclic) bond motifs is 2. The van der Waals surface area contributed by atoms with Crippen molar-refractivity contribution in [3.8, 4) is 0 Å². The Hall–Kier alpha value is -1.95. The van der Waals surface area contributed by atoms with Crippen LogP contribution >= 0.6 is 11.3 Å². The van der Waals surface area contributed by atoms with Gasteiger partial charge in [0.25, 0.3) is 0 Å². The second kappa shape index (κ2) is 4.31. The number of carbonyl (C=O) groups is 1. The van der Waals surface area contributed by atoms with E-state index in [4.69, 9.17) is 9.36 Å². The number of nitrogens with zero attached hydrogens (tertiary/aromatic N) is 2. The van der Waals surface area contributed by atoms with E-state index in [0.29, 0.717) is 27.6 Å². The van der Waals surface area contributed by atoms with Gasteiger partial charge in [-0.1, -0.05) is 10.3 Å². The maximum atomic E-state index is 12.3. The summed E-state index contributed by atoms with van der Waals surface area (Å²) in [6.07, 6.45) is -0.0420. The number of ketones is 1. The lowest BCUT2D eigenvalue weighted by molar-refractivity contribution is 0.0858. The lowest BCUT2D eigenvalue weighted by Crippen LogP contribution is -2.19. The summed E-state index contributed by atoms with van der Waals surface area (Å²) in [5.74, 6) is 0.344. The maximum absolute atomic E-state index is 12.3. The lowest BCUT2D eigenvalue weighted by atomic mass is 9.93. The first-order chi connectivity index (χ1) is 9.09. The second-order valence-electron chi connectivity index (χ2n) is 4.56. The molecule has 0 aromatic carbocycles. The highest BCUT2D eigenvalue weighted by Gasteiger charge is 2.35. The second-order valence-corrected chi connectivity index (χ2v) is 5.47. The van der Waals surface area contributed by atoms with Crippen molar-refractivity contribution in [1.29, 1.82) is 0 Å². The highest BCUT2D eigenvalue weighted by molar-refractivity contribution is 7.12. The van der Waals surface area contributed by atoms with Crippen molar-refractivity contribution in [3.63, 3.8) is 0 Å². The van der Waals surface area contributed by atoms with Gasteiger partial charge in [-0.05, 0) is 32.2 Å². The molecule has 0 bridgehead atoms. The fourth-order valence-electron chi connectivity index (χ4n) is 1.95. The third-order valence-electron chi connectivity index (χ3n) is 2.79. The van der Waals surface area contributed by atoms with Gasteiger partial charge in [-0.25, -0.2) is 0 Å². The summed E-state index contributed by atoms with van der Waals surface area (Å²) < 4.78 is 5.25. The molecule has 2 heterocycles. The molecule has 2 aromatic rings. The first-order valence-corrected chi connectivity index (χ1v) is 6.80. The van der Waals surface area contributed by atoms with Crippen LogP contribution in [0.2, 0.25) is 0 Å². The predicted octanol–water partition coefficient (Wildman–Crippen LogP) is 2.77. The molecule has 6 heteroatoms. The minimum Gasteiger partial charge on any atom is -0.392 e. The van der Waals surface area contributed by atoms with Gasteiger partial charge in [-0.2, -0.15) is 0 Å². The zero-order chi connectivity index (χ0) is 13.6. The van der Waals surface area contributed by atoms with Gasteiger partial charge < -0.3 is 9.36 Å². The Bertz CT molecular complexity index is 682. The highest BCUT2D eigenvalue weighted by Crippen LogP contribution is 2.32. The number of rotatable bonds is 2. The van der Waals surface area contributed by atoms with Crippen molar-refractivity contribution < 1.29 is 14.2 Å². The molecule has 2 aromatic heterocycles. The van der Waals surface area contributed by atoms with Crippen LogP contribution in [0, 0.1) is 6.92 Å². The molecule has 0 atom stereocenters. The molecule has 98 valence electrons. The summed E-state index contributed by atoms with van der Waals surface area (Å²) in [4.78, 5) is 18.3. The fraction of sp³-hybridized carbons (Fsp3) is 0.308. The van der Waals surface area contributed by atoms with Gasteiger partial charge in [0.05, 0.1) is 16.1 Å². The molecule has 1 aliphatic carbocycles. The standard InChI is InChI=1S/C13H12N2O3S/c1-6(2)17-15-10-8-4-5-19-13(8)11(16)9-7(3)14-18-12(9)10/h4-6H,1-3H3/b15-10-. The minimum absolute atomic E-state index is 0.0420. The average Bonchev–Trinajstić information content (AvgIpc) is 2.96. The quantitative estimate of drug-likeness (QED) is 0.675. The Morgan fingerprint density at radius 3 is 3.00 bits per heavy atom. The highest BCUT2D eigenvalue weighted by atomic mass is 32.1. The number of thiophene rings is 1. The van der Waals surface area contributed by atoms with Crippen molar-refractivity contribution in [2.75, 3.05) is 0 Å². The van der Waals surface area contributed by atoms with Gasteiger partial charge in [0, 0.05) is 5.56 Å². The maximum Gasteiger partial charge on any atom is 0.209 e. The number of aromatic nitrogens is 1. The molecule has 0 saturated carbocycles. The SMILES string of the molecule is Cc1noc2c1C(=O)c1sccc1/C2=N/OC(C)C. The molecule has 0 spiro atoms. The van der Waals surface area contributed by atoms with Crippen molar-refractivity contribution in [2.45, 2.75) is 26.9 Å². The topological polar surface area (TPSA) is 64.7 Å². The van der Waals surface area contributed by atoms with Crippen LogP contribution in [-0.2, 0) is 4.84 Å². The van der Waals surface area contributed by atoms with E-state index >= 15 is 0 Å². The first-order valence-electron chi connectivity index (χ1n) is 5.92. The molecular formula is C13H12N2O3S. The Balaban J connectivity index is 2.20. The molecule has 0 amide bonds. The predicted molar refractivity (Wildman–Crippen MR) is 70.9 cm³/mol. The molecule has 3 rings (SSSR count). The average molecular weight is 276 g/mol. The van der Waals surface area contributed by atoms with E-state index in [0.717, 1.165) is 5.56 Å². The molecule has 5 nitrogen and oxygen atoms in total. The van der Waals surface area contributed by atoms with Crippen molar-refractivity contribution in [1.82, 2.24) is 5.16 Å². The van der Waals surface area contributed by atoms with Gasteiger partial charge >= 0.3 is 0 Å². The normalized spacial score (nSPS) is 15.8. The van der Waals surface area contributed by atoms with Crippen LogP contribution in [0.1, 0.15) is 46.1 Å². The van der Waals surface area contributed by atoms with Crippen LogP contribution < -0.4 is 0 Å². The van der Waals surface area contributed by atoms with Gasteiger partial charge in [0.15, 0.2) is 5.71 Å². The van der Waals surface area contributed by atoms with Crippen LogP contribution in [0.15, 0.2) is 21.1 Å². The van der Waals surface area contributed by atoms with Gasteiger partial charge in [-0.3, -0.25) is 4.79 Å². The van der Waals surface area contributed by atoms with Crippen LogP contribution in [0.3, 0.4) is 0 Å². The third-order valence-corrected chi connectivity index (χ3v) is 3.70. The summed E-state index contributed by atoms with van der Waals surface area (Å²) in [5, 5.41) is 9.85. The number of carbonyl (C=O) groups excluding carboxylic acids is 1. The van der Waals surface area contributed by atoms with E-state index < -0.39 is 0 Å². The summed E-state index contributed by atoms with van der Waals surface area (Å²) in [7, 11) is 0. The lowest BCUT2D eigenvalue weighted by Gasteiger charge is -2.12. The smallest absolute Gasteiger partial charge is 0.209 e. The van der Waals surface area contributed by atoms with Crippen LogP contribution in [0.5, 0.6) is 0 Å². The molecule has 19 heavy (non-hydrogen) atoms. The monoisotopic (exact) mass is 276 g/mol. The van der Waals surface area contributed by atoms with Gasteiger partial charge in [-0.15, -0.1) is 11.3 Å². The van der Waals surface area contributed by atoms with Crippen molar-refractivity contribution in [2.24, 2.45) is 5.16 Å². The first kappa shape index (κ1) is 12.1. The molecular weight excluding hydrogens is 264 g/mol. The zero-order valence-electron chi connectivity index (χ0n) is 10.8. The Labute approximate surface area is 113 Å². The number of hydrogen-bond donors (Lipinski definition) is 0. The van der Waals surface area contributed by atoms with Crippen LogP contribution in [-0.4, -0.2) is 22.8 Å². The number of oxime groups is 1. The van der Waals surface area contributed by atoms with E-state index in [9.17, 15) is 4.79 Å². The fourth-order valence-corrected chi connectivity index (χ4v) is 2.80. The van der Waals surface area contributed by atoms with E-state index in [1.54, 1.807) is 6.92 Å². The number of aryl methyl sites for hydroxylation is 1. The third kappa shape index (κ3) is 1.79. The summed E-state index contributed by atoms with van der Waals surface area (Å²) in [6.45, 7) is 5.53. The van der Waals surface area contributed by atoms with E-state index in [1.165, 1.54) is 11.3 Å².